The van der Waals surface area contributed by atoms with Gasteiger partial charge in [-0.2, -0.15) is 0 Å². The molecule has 0 saturated heterocycles. The van der Waals surface area contributed by atoms with Crippen LogP contribution in [0, 0.1) is 45.8 Å². The van der Waals surface area contributed by atoms with Crippen molar-refractivity contribution in [3.63, 3.8) is 0 Å². The molecule has 3 fully saturated rings. The van der Waals surface area contributed by atoms with Crippen molar-refractivity contribution >= 4 is 5.91 Å². The van der Waals surface area contributed by atoms with Crippen molar-refractivity contribution in [2.75, 3.05) is 39.3 Å². The number of nitrogens with two attached hydrogens (primary N) is 2. The van der Waals surface area contributed by atoms with Crippen molar-refractivity contribution in [2.45, 2.75) is 118 Å². The molecule has 242 valence electrons. The molecule has 0 radical (unpaired) electrons. The Morgan fingerprint density at radius 3 is 2.33 bits per heavy atom. The van der Waals surface area contributed by atoms with E-state index in [0.29, 0.717) is 37.9 Å². The van der Waals surface area contributed by atoms with Crippen LogP contribution in [-0.4, -0.2) is 72.5 Å². The highest BCUT2D eigenvalue weighted by molar-refractivity contribution is 5.82. The summed E-state index contributed by atoms with van der Waals surface area (Å²) in [6.07, 6.45) is 9.18. The predicted octanol–water partition coefficient (Wildman–Crippen LogP) is 4.46. The Hall–Kier alpha value is -0.990. The van der Waals surface area contributed by atoms with Crippen molar-refractivity contribution in [1.82, 2.24) is 10.2 Å². The zero-order valence-electron chi connectivity index (χ0n) is 27.8. The molecule has 0 aromatic heterocycles. The summed E-state index contributed by atoms with van der Waals surface area (Å²) < 4.78 is 0. The number of amides is 1. The highest BCUT2D eigenvalue weighted by Crippen LogP contribution is 2.73. The Balaban J connectivity index is 1.61. The van der Waals surface area contributed by atoms with E-state index < -0.39 is 6.10 Å². The monoisotopic (exact) mass is 588 g/mol. The molecule has 7 N–H and O–H groups in total. The predicted molar refractivity (Wildman–Crippen MR) is 172 cm³/mol. The summed E-state index contributed by atoms with van der Waals surface area (Å²) in [6.45, 7) is 18.2. The van der Waals surface area contributed by atoms with Crippen LogP contribution in [0.25, 0.3) is 0 Å². The molecule has 0 heterocycles. The Bertz CT molecular complexity index is 964. The van der Waals surface area contributed by atoms with Crippen LogP contribution in [0.5, 0.6) is 0 Å². The van der Waals surface area contributed by atoms with Crippen LogP contribution < -0.4 is 16.8 Å². The maximum atomic E-state index is 13.9. The Morgan fingerprint density at radius 2 is 1.69 bits per heavy atom. The van der Waals surface area contributed by atoms with Gasteiger partial charge in [-0.05, 0) is 91.3 Å². The van der Waals surface area contributed by atoms with E-state index in [9.17, 15) is 15.0 Å². The Morgan fingerprint density at radius 1 is 1.00 bits per heavy atom. The molecule has 3 unspecified atom stereocenters. The third-order valence-electron chi connectivity index (χ3n) is 13.1. The van der Waals surface area contributed by atoms with E-state index in [1.54, 1.807) is 0 Å². The van der Waals surface area contributed by atoms with E-state index in [0.717, 1.165) is 77.4 Å². The van der Waals surface area contributed by atoms with Gasteiger partial charge in [0, 0.05) is 39.3 Å². The molecule has 7 nitrogen and oxygen atoms in total. The maximum absolute atomic E-state index is 13.9. The molecule has 0 spiro atoms. The second-order valence-corrected chi connectivity index (χ2v) is 15.7. The molecule has 7 heteroatoms. The van der Waals surface area contributed by atoms with Gasteiger partial charge in [-0.15, -0.1) is 0 Å². The first kappa shape index (κ1) is 33.9. The molecular formula is C35H64N4O3. The van der Waals surface area contributed by atoms with Gasteiger partial charge in [0.1, 0.15) is 0 Å². The van der Waals surface area contributed by atoms with Crippen LogP contribution in [0.2, 0.25) is 0 Å². The van der Waals surface area contributed by atoms with Crippen LogP contribution >= 0.6 is 0 Å². The number of nitrogens with one attached hydrogen (secondary N) is 1. The van der Waals surface area contributed by atoms with Gasteiger partial charge in [-0.3, -0.25) is 9.69 Å². The van der Waals surface area contributed by atoms with Gasteiger partial charge in [0.15, 0.2) is 0 Å². The van der Waals surface area contributed by atoms with Crippen molar-refractivity contribution in [1.29, 1.82) is 0 Å². The van der Waals surface area contributed by atoms with Crippen LogP contribution in [0.3, 0.4) is 0 Å². The molecule has 4 aliphatic rings. The Labute approximate surface area is 256 Å². The molecule has 0 bridgehead atoms. The number of aliphatic hydroxyl groups excluding tert-OH is 2. The number of aliphatic hydroxyl groups is 2. The highest BCUT2D eigenvalue weighted by Gasteiger charge is 2.67. The van der Waals surface area contributed by atoms with E-state index in [2.05, 4.69) is 51.8 Å². The lowest BCUT2D eigenvalue weighted by molar-refractivity contribution is -0.208. The normalized spacial score (nSPS) is 38.8. The summed E-state index contributed by atoms with van der Waals surface area (Å²) in [6, 6.07) is 0. The number of nitrogens with zero attached hydrogens (tertiary/aromatic N) is 1. The SMILES string of the molecule is CC(C)CCCC(C(=O)NCCN(CCN)CCN)C1=C2C[C@@H](O)C3[C@@]4(C)CC[C@@H](O)[C@@H](C)C4CC[C@]3(C)[C@@]2(C)CC1. The first-order chi connectivity index (χ1) is 19.8. The van der Waals surface area contributed by atoms with Crippen LogP contribution in [-0.2, 0) is 4.79 Å². The van der Waals surface area contributed by atoms with E-state index in [1.165, 1.54) is 11.1 Å². The van der Waals surface area contributed by atoms with Gasteiger partial charge in [-0.25, -0.2) is 0 Å². The summed E-state index contributed by atoms with van der Waals surface area (Å²) in [5, 5.41) is 26.1. The Kier molecular flexibility index (Phi) is 10.9. The minimum atomic E-state index is -0.401. The molecule has 0 aromatic rings. The van der Waals surface area contributed by atoms with Crippen molar-refractivity contribution in [3.8, 4) is 0 Å². The summed E-state index contributed by atoms with van der Waals surface area (Å²) in [5.74, 6) is 1.60. The highest BCUT2D eigenvalue weighted by atomic mass is 16.3. The second kappa shape index (κ2) is 13.6. The lowest BCUT2D eigenvalue weighted by Gasteiger charge is -2.68. The van der Waals surface area contributed by atoms with E-state index in [1.807, 2.05) is 0 Å². The summed E-state index contributed by atoms with van der Waals surface area (Å²) >= 11 is 0. The van der Waals surface area contributed by atoms with Gasteiger partial charge >= 0.3 is 0 Å². The minimum Gasteiger partial charge on any atom is -0.393 e. The molecule has 3 saturated carbocycles. The minimum absolute atomic E-state index is 0.00482. The summed E-state index contributed by atoms with van der Waals surface area (Å²) in [7, 11) is 0. The quantitative estimate of drug-likeness (QED) is 0.203. The average Bonchev–Trinajstić information content (AvgIpc) is 3.26. The number of hydrogen-bond acceptors (Lipinski definition) is 6. The van der Waals surface area contributed by atoms with Crippen LogP contribution in [0.4, 0.5) is 0 Å². The van der Waals surface area contributed by atoms with Gasteiger partial charge in [0.25, 0.3) is 0 Å². The third-order valence-corrected chi connectivity index (χ3v) is 13.1. The average molecular weight is 589 g/mol. The maximum Gasteiger partial charge on any atom is 0.227 e. The molecule has 9 atom stereocenters. The molecule has 0 aliphatic heterocycles. The standard InChI is InChI=1S/C35H64N4O3/c1-23(2)8-7-9-26(32(42)38-18-21-39(19-16-36)20-17-37)25-10-14-34(5)28(25)22-30(41)31-33(4)13-12-29(40)24(3)27(33)11-15-35(31,34)6/h23-24,26-27,29-31,40-41H,7-22,36-37H2,1-6H3,(H,38,42)/t24-,26?,27?,29+,30+,31?,33-,34-,35-/m0/s1. The number of carbonyl (C=O) groups is 1. The molecule has 4 rings (SSSR count). The van der Waals surface area contributed by atoms with Gasteiger partial charge < -0.3 is 27.0 Å². The molecular weight excluding hydrogens is 524 g/mol. The molecule has 1 amide bonds. The first-order valence-electron chi connectivity index (χ1n) is 17.3. The fourth-order valence-corrected chi connectivity index (χ4v) is 10.7. The van der Waals surface area contributed by atoms with Crippen molar-refractivity contribution < 1.29 is 15.0 Å². The zero-order chi connectivity index (χ0) is 30.9. The number of hydrogen-bond donors (Lipinski definition) is 5. The number of fused-ring (bicyclic) bond motifs is 5. The second-order valence-electron chi connectivity index (χ2n) is 15.7. The summed E-state index contributed by atoms with van der Waals surface area (Å²) in [5.41, 5.74) is 14.3. The summed E-state index contributed by atoms with van der Waals surface area (Å²) in [4.78, 5) is 16.2. The smallest absolute Gasteiger partial charge is 0.227 e. The largest absolute Gasteiger partial charge is 0.393 e. The molecule has 4 aliphatic carbocycles. The lowest BCUT2D eigenvalue weighted by atomic mass is 9.37. The molecule has 0 aromatic carbocycles. The van der Waals surface area contributed by atoms with E-state index in [4.69, 9.17) is 11.5 Å². The third kappa shape index (κ3) is 6.11. The van der Waals surface area contributed by atoms with E-state index >= 15 is 0 Å². The van der Waals surface area contributed by atoms with Crippen molar-refractivity contribution in [2.24, 2.45) is 57.3 Å². The lowest BCUT2D eigenvalue weighted by Crippen LogP contribution is -2.64. The van der Waals surface area contributed by atoms with Crippen LogP contribution in [0.1, 0.15) is 106 Å². The number of carbonyl (C=O) groups excluding carboxylic acids is 1. The van der Waals surface area contributed by atoms with Crippen molar-refractivity contribution in [3.05, 3.63) is 11.1 Å². The van der Waals surface area contributed by atoms with Gasteiger partial charge in [0.2, 0.25) is 5.91 Å². The fourth-order valence-electron chi connectivity index (χ4n) is 10.7. The topological polar surface area (TPSA) is 125 Å². The fraction of sp³-hybridized carbons (Fsp3) is 0.914. The zero-order valence-corrected chi connectivity index (χ0v) is 27.8. The van der Waals surface area contributed by atoms with E-state index in [-0.39, 0.29) is 46.0 Å². The first-order valence-corrected chi connectivity index (χ1v) is 17.3. The van der Waals surface area contributed by atoms with Gasteiger partial charge in [-0.1, -0.05) is 65.5 Å². The van der Waals surface area contributed by atoms with Crippen LogP contribution in [0.15, 0.2) is 11.1 Å². The van der Waals surface area contributed by atoms with Gasteiger partial charge in [0.05, 0.1) is 18.1 Å². The molecule has 42 heavy (non-hydrogen) atoms. The number of rotatable bonds is 13.